The van der Waals surface area contributed by atoms with E-state index in [0.29, 0.717) is 52.7 Å². The summed E-state index contributed by atoms with van der Waals surface area (Å²) in [5, 5.41) is 6.90. The average Bonchev–Trinajstić information content (AvgIpc) is 3.71. The molecule has 10 nitrogen and oxygen atoms in total. The number of aromatic nitrogens is 1. The third kappa shape index (κ3) is 6.22. The quantitative estimate of drug-likeness (QED) is 0.122. The van der Waals surface area contributed by atoms with Crippen molar-refractivity contribution in [3.05, 3.63) is 92.6 Å². The maximum Gasteiger partial charge on any atom is 0.272 e. The van der Waals surface area contributed by atoms with Crippen LogP contribution in [-0.2, 0) is 18.3 Å². The number of ether oxygens (including phenoxy) is 2. The standard InChI is InChI=1S/C35H30IN5O5S/c1-40-19-23(15-28(40)34(43)39-22-9-10-31-21(12-22)14-32(36)47-31)38-33(42)8-5-11-46-30-17-26-25(16-29(30)45-2)35(44)41-24(18-37-26)13-20-6-3-4-7-27(20)41/h3-4,6-7,9-10,12,14-19,24H,5,8,11,13H2,1-2H3,(H,38,42)(H,39,43). The number of para-hydroxylation sites is 1. The number of rotatable bonds is 9. The Balaban J connectivity index is 0.944. The normalized spacial score (nSPS) is 14.7. The van der Waals surface area contributed by atoms with Crippen molar-refractivity contribution in [1.29, 1.82) is 0 Å². The van der Waals surface area contributed by atoms with Crippen LogP contribution in [0.2, 0.25) is 0 Å². The molecular weight excluding hydrogens is 729 g/mol. The van der Waals surface area contributed by atoms with E-state index in [2.05, 4.69) is 44.3 Å². The molecule has 2 aliphatic heterocycles. The maximum absolute atomic E-state index is 13.6. The van der Waals surface area contributed by atoms with Crippen LogP contribution in [0.15, 0.2) is 77.9 Å². The van der Waals surface area contributed by atoms with Crippen molar-refractivity contribution < 1.29 is 23.9 Å². The number of nitrogens with one attached hydrogen (secondary N) is 2. The van der Waals surface area contributed by atoms with Gasteiger partial charge in [-0.2, -0.15) is 0 Å². The van der Waals surface area contributed by atoms with Crippen LogP contribution in [0.5, 0.6) is 11.5 Å². The summed E-state index contributed by atoms with van der Waals surface area (Å²) in [4.78, 5) is 45.8. The molecule has 5 aromatic rings. The summed E-state index contributed by atoms with van der Waals surface area (Å²) in [5.74, 6) is 0.267. The molecule has 2 aromatic heterocycles. The lowest BCUT2D eigenvalue weighted by atomic mass is 10.1. The van der Waals surface area contributed by atoms with Crippen LogP contribution >= 0.6 is 33.9 Å². The first-order valence-corrected chi connectivity index (χ1v) is 16.9. The molecule has 0 aliphatic carbocycles. The Hall–Kier alpha value is -4.69. The topological polar surface area (TPSA) is 114 Å². The number of benzene rings is 3. The molecule has 0 bridgehead atoms. The minimum absolute atomic E-state index is 0.134. The fourth-order valence-corrected chi connectivity index (χ4v) is 7.78. The molecule has 0 saturated heterocycles. The number of anilines is 3. The zero-order valence-corrected chi connectivity index (χ0v) is 28.6. The number of methoxy groups -OCH3 is 1. The largest absolute Gasteiger partial charge is 0.493 e. The van der Waals surface area contributed by atoms with Crippen molar-refractivity contribution in [3.63, 3.8) is 0 Å². The van der Waals surface area contributed by atoms with Crippen molar-refractivity contribution in [2.75, 3.05) is 29.3 Å². The van der Waals surface area contributed by atoms with E-state index in [1.165, 1.54) is 9.99 Å². The zero-order valence-electron chi connectivity index (χ0n) is 25.6. The number of nitrogens with zero attached hydrogens (tertiary/aromatic N) is 3. The molecular formula is C35H30IN5O5S. The van der Waals surface area contributed by atoms with Gasteiger partial charge < -0.3 is 24.7 Å². The van der Waals surface area contributed by atoms with E-state index in [4.69, 9.17) is 9.47 Å². The smallest absolute Gasteiger partial charge is 0.272 e. The molecule has 0 fully saturated rings. The lowest BCUT2D eigenvalue weighted by Crippen LogP contribution is -2.37. The lowest BCUT2D eigenvalue weighted by molar-refractivity contribution is -0.116. The molecule has 2 N–H and O–H groups in total. The van der Waals surface area contributed by atoms with E-state index < -0.39 is 0 Å². The number of aryl methyl sites for hydroxylation is 1. The van der Waals surface area contributed by atoms with E-state index in [1.54, 1.807) is 52.2 Å². The second-order valence-electron chi connectivity index (χ2n) is 11.4. The van der Waals surface area contributed by atoms with E-state index in [1.807, 2.05) is 48.7 Å². The van der Waals surface area contributed by atoms with Crippen molar-refractivity contribution in [1.82, 2.24) is 4.57 Å². The Kier molecular flexibility index (Phi) is 8.45. The Bertz CT molecular complexity index is 2090. The van der Waals surface area contributed by atoms with Crippen LogP contribution < -0.4 is 25.0 Å². The maximum atomic E-state index is 13.6. The Morgan fingerprint density at radius 3 is 2.74 bits per heavy atom. The number of aliphatic imine (C=N–C) groups is 1. The van der Waals surface area contributed by atoms with Gasteiger partial charge in [-0.15, -0.1) is 11.3 Å². The van der Waals surface area contributed by atoms with Crippen LogP contribution in [0.25, 0.3) is 10.1 Å². The third-order valence-corrected chi connectivity index (χ3v) is 10.1. The Labute approximate surface area is 288 Å². The molecule has 1 atom stereocenters. The molecule has 0 saturated carbocycles. The number of halogens is 1. The van der Waals surface area contributed by atoms with Gasteiger partial charge in [-0.1, -0.05) is 18.2 Å². The number of hydrogen-bond acceptors (Lipinski definition) is 7. The third-order valence-electron chi connectivity index (χ3n) is 8.20. The number of fused-ring (bicyclic) bond motifs is 5. The molecule has 3 amide bonds. The number of amides is 3. The highest BCUT2D eigenvalue weighted by Crippen LogP contribution is 2.41. The minimum Gasteiger partial charge on any atom is -0.493 e. The van der Waals surface area contributed by atoms with Gasteiger partial charge in [0.05, 0.1) is 39.6 Å². The fourth-order valence-electron chi connectivity index (χ4n) is 5.97. The average molecular weight is 760 g/mol. The molecule has 3 aromatic carbocycles. The number of thiophene rings is 1. The van der Waals surface area contributed by atoms with Gasteiger partial charge in [0, 0.05) is 54.4 Å². The van der Waals surface area contributed by atoms with Crippen LogP contribution in [0.3, 0.4) is 0 Å². The van der Waals surface area contributed by atoms with E-state index >= 15 is 0 Å². The summed E-state index contributed by atoms with van der Waals surface area (Å²) in [7, 11) is 3.29. The van der Waals surface area contributed by atoms with Gasteiger partial charge >= 0.3 is 0 Å². The first kappa shape index (κ1) is 30.9. The van der Waals surface area contributed by atoms with E-state index in [-0.39, 0.29) is 36.8 Å². The molecule has 12 heteroatoms. The van der Waals surface area contributed by atoms with Gasteiger partial charge in [-0.25, -0.2) is 0 Å². The summed E-state index contributed by atoms with van der Waals surface area (Å²) in [6, 6.07) is 20.7. The molecule has 238 valence electrons. The highest BCUT2D eigenvalue weighted by Gasteiger charge is 2.36. The number of carbonyl (C=O) groups is 3. The zero-order chi connectivity index (χ0) is 32.7. The van der Waals surface area contributed by atoms with E-state index in [9.17, 15) is 14.4 Å². The Morgan fingerprint density at radius 2 is 1.89 bits per heavy atom. The molecule has 0 spiro atoms. The minimum atomic E-state index is -0.267. The van der Waals surface area contributed by atoms with Crippen molar-refractivity contribution in [3.8, 4) is 11.5 Å². The second kappa shape index (κ2) is 12.8. The van der Waals surface area contributed by atoms with Gasteiger partial charge in [0.25, 0.3) is 11.8 Å². The molecule has 7 rings (SSSR count). The van der Waals surface area contributed by atoms with Gasteiger partial charge in [0.2, 0.25) is 5.91 Å². The Morgan fingerprint density at radius 1 is 1.04 bits per heavy atom. The molecule has 4 heterocycles. The fraction of sp³-hybridized carbons (Fsp3) is 0.200. The predicted molar refractivity (Wildman–Crippen MR) is 193 cm³/mol. The summed E-state index contributed by atoms with van der Waals surface area (Å²) >= 11 is 3.99. The van der Waals surface area contributed by atoms with Gasteiger partial charge in [-0.3, -0.25) is 24.3 Å². The summed E-state index contributed by atoms with van der Waals surface area (Å²) in [6.07, 6.45) is 4.87. The monoisotopic (exact) mass is 759 g/mol. The van der Waals surface area contributed by atoms with Crippen LogP contribution in [0.4, 0.5) is 22.7 Å². The van der Waals surface area contributed by atoms with E-state index in [0.717, 1.165) is 21.3 Å². The first-order valence-electron chi connectivity index (χ1n) is 15.0. The molecule has 2 aliphatic rings. The lowest BCUT2D eigenvalue weighted by Gasteiger charge is -2.22. The second-order valence-corrected chi connectivity index (χ2v) is 14.3. The van der Waals surface area contributed by atoms with Gasteiger partial charge in [0.15, 0.2) is 11.5 Å². The molecule has 1 unspecified atom stereocenters. The first-order chi connectivity index (χ1) is 22.8. The number of carbonyl (C=O) groups excluding carboxylic acids is 3. The summed E-state index contributed by atoms with van der Waals surface area (Å²) in [5.41, 5.74) is 4.64. The highest BCUT2D eigenvalue weighted by atomic mass is 127. The van der Waals surface area contributed by atoms with Crippen LogP contribution in [0, 0.1) is 2.88 Å². The predicted octanol–water partition coefficient (Wildman–Crippen LogP) is 7.19. The summed E-state index contributed by atoms with van der Waals surface area (Å²) in [6.45, 7) is 0.248. The molecule has 47 heavy (non-hydrogen) atoms. The number of hydrogen-bond donors (Lipinski definition) is 2. The van der Waals surface area contributed by atoms with Crippen LogP contribution in [0.1, 0.15) is 39.3 Å². The SMILES string of the molecule is COc1cc2c(cc1OCCCC(=O)Nc1cc(C(=O)Nc3ccc4sc(I)cc4c3)n(C)c1)N=CC1Cc3ccccc3N1C2=O. The van der Waals surface area contributed by atoms with Crippen LogP contribution in [-0.4, -0.2) is 48.3 Å². The van der Waals surface area contributed by atoms with Crippen molar-refractivity contribution >= 4 is 90.7 Å². The van der Waals surface area contributed by atoms with Crippen molar-refractivity contribution in [2.45, 2.75) is 25.3 Å². The van der Waals surface area contributed by atoms with Gasteiger partial charge in [0.1, 0.15) is 5.69 Å². The van der Waals surface area contributed by atoms with Gasteiger partial charge in [-0.05, 0) is 82.4 Å². The summed E-state index contributed by atoms with van der Waals surface area (Å²) < 4.78 is 15.6. The molecule has 0 radical (unpaired) electrons. The highest BCUT2D eigenvalue weighted by molar-refractivity contribution is 14.1. The van der Waals surface area contributed by atoms with Crippen molar-refractivity contribution in [2.24, 2.45) is 12.0 Å².